The molecule has 1 aliphatic heterocycles. The van der Waals surface area contributed by atoms with Crippen LogP contribution in [-0.2, 0) is 27.3 Å². The van der Waals surface area contributed by atoms with Crippen LogP contribution in [0.15, 0.2) is 48.5 Å². The van der Waals surface area contributed by atoms with Gasteiger partial charge in [-0.05, 0) is 43.4 Å². The van der Waals surface area contributed by atoms with Crippen molar-refractivity contribution in [2.45, 2.75) is 39.7 Å². The van der Waals surface area contributed by atoms with Crippen LogP contribution in [0, 0.1) is 19.8 Å². The first-order chi connectivity index (χ1) is 13.9. The highest BCUT2D eigenvalue weighted by Gasteiger charge is 2.40. The highest BCUT2D eigenvalue weighted by molar-refractivity contribution is 5.82. The van der Waals surface area contributed by atoms with Gasteiger partial charge in [-0.1, -0.05) is 48.5 Å². The summed E-state index contributed by atoms with van der Waals surface area (Å²) < 4.78 is 5.66. The lowest BCUT2D eigenvalue weighted by molar-refractivity contribution is -0.940. The number of benzene rings is 2. The molecule has 1 fully saturated rings. The predicted molar refractivity (Wildman–Crippen MR) is 114 cm³/mol. The van der Waals surface area contributed by atoms with Crippen LogP contribution in [-0.4, -0.2) is 43.0 Å². The van der Waals surface area contributed by atoms with E-state index < -0.39 is 0 Å². The molecule has 0 aromatic heterocycles. The average molecular weight is 395 g/mol. The number of methoxy groups -OCH3 is 1. The number of Topliss-reactive ketones (excluding diaryl/α,β-unsaturated/α-hetero) is 1. The van der Waals surface area contributed by atoms with E-state index in [-0.39, 0.29) is 17.7 Å². The quantitative estimate of drug-likeness (QED) is 0.526. The second-order valence-electron chi connectivity index (χ2n) is 8.50. The van der Waals surface area contributed by atoms with Crippen molar-refractivity contribution in [2.24, 2.45) is 5.92 Å². The molecule has 0 radical (unpaired) electrons. The Morgan fingerprint density at radius 1 is 1.03 bits per heavy atom. The Morgan fingerprint density at radius 2 is 1.72 bits per heavy atom. The third-order valence-electron chi connectivity index (χ3n) is 6.22. The molecular formula is C25H32NO3+. The normalized spacial score (nSPS) is 21.6. The Balaban J connectivity index is 1.83. The van der Waals surface area contributed by atoms with Gasteiger partial charge in [-0.15, -0.1) is 0 Å². The molecule has 1 saturated heterocycles. The lowest BCUT2D eigenvalue weighted by Gasteiger charge is -2.43. The van der Waals surface area contributed by atoms with Crippen molar-refractivity contribution in [3.05, 3.63) is 70.8 Å². The van der Waals surface area contributed by atoms with Gasteiger partial charge in [-0.3, -0.25) is 9.59 Å². The summed E-state index contributed by atoms with van der Waals surface area (Å²) in [5.41, 5.74) is 4.67. The van der Waals surface area contributed by atoms with E-state index in [0.29, 0.717) is 24.0 Å². The van der Waals surface area contributed by atoms with E-state index in [4.69, 9.17) is 4.74 Å². The van der Waals surface area contributed by atoms with Gasteiger partial charge in [0.25, 0.3) is 0 Å². The molecule has 0 saturated carbocycles. The number of carbonyl (C=O) groups excluding carboxylic acids is 2. The second kappa shape index (κ2) is 9.36. The van der Waals surface area contributed by atoms with Crippen molar-refractivity contribution in [2.75, 3.05) is 26.7 Å². The molecule has 0 N–H and O–H groups in total. The fourth-order valence-corrected chi connectivity index (χ4v) is 4.75. The van der Waals surface area contributed by atoms with Crippen LogP contribution in [0.4, 0.5) is 0 Å². The Bertz CT molecular complexity index is 841. The number of quaternary nitrogens is 1. The molecule has 0 aliphatic carbocycles. The minimum absolute atomic E-state index is 0.134. The Labute approximate surface area is 174 Å². The zero-order valence-corrected chi connectivity index (χ0v) is 17.8. The van der Waals surface area contributed by atoms with Crippen LogP contribution >= 0.6 is 0 Å². The van der Waals surface area contributed by atoms with Crippen molar-refractivity contribution in [3.63, 3.8) is 0 Å². The summed E-state index contributed by atoms with van der Waals surface area (Å²) in [5, 5.41) is 0. The fraction of sp³-hybridized carbons (Fsp3) is 0.440. The van der Waals surface area contributed by atoms with Gasteiger partial charge in [0, 0.05) is 12.0 Å². The summed E-state index contributed by atoms with van der Waals surface area (Å²) in [6, 6.07) is 16.5. The van der Waals surface area contributed by atoms with Crippen molar-refractivity contribution in [1.29, 1.82) is 0 Å². The Hall–Kier alpha value is -2.46. The molecule has 4 heteroatoms. The Morgan fingerprint density at radius 3 is 2.38 bits per heavy atom. The minimum Gasteiger partial charge on any atom is -0.469 e. The zero-order valence-electron chi connectivity index (χ0n) is 17.8. The Kier molecular flexibility index (Phi) is 6.86. The highest BCUT2D eigenvalue weighted by Crippen LogP contribution is 2.28. The number of aryl methyl sites for hydroxylation is 2. The molecule has 2 aromatic rings. The molecule has 4 nitrogen and oxygen atoms in total. The number of ketones is 1. The number of ether oxygens (including phenoxy) is 1. The van der Waals surface area contributed by atoms with E-state index >= 15 is 0 Å². The molecule has 154 valence electrons. The van der Waals surface area contributed by atoms with Crippen LogP contribution in [0.1, 0.15) is 35.1 Å². The maximum Gasteiger partial charge on any atom is 0.314 e. The van der Waals surface area contributed by atoms with Gasteiger partial charge < -0.3 is 9.22 Å². The second-order valence-corrected chi connectivity index (χ2v) is 8.50. The number of piperidine rings is 1. The molecule has 1 aliphatic rings. The van der Waals surface area contributed by atoms with E-state index in [1.165, 1.54) is 23.8 Å². The number of likely N-dealkylation sites (tertiary alicyclic amines) is 1. The van der Waals surface area contributed by atoms with E-state index in [2.05, 4.69) is 38.1 Å². The lowest BCUT2D eigenvalue weighted by atomic mass is 9.93. The standard InChI is InChI=1S/C25H32NO3/c1-19-9-7-10-20(2)24(19)15-23(27)18-26(16-21-11-5-4-6-12-21)14-8-13-22(17-26)25(28)29-3/h4-7,9-12,22H,8,13-18H2,1-3H3/q+1. The first-order valence-electron chi connectivity index (χ1n) is 10.5. The van der Waals surface area contributed by atoms with Crippen LogP contribution in [0.5, 0.6) is 0 Å². The van der Waals surface area contributed by atoms with Gasteiger partial charge in [0.2, 0.25) is 0 Å². The summed E-state index contributed by atoms with van der Waals surface area (Å²) >= 11 is 0. The number of nitrogens with zero attached hydrogens (tertiary/aromatic N) is 1. The number of rotatable bonds is 7. The van der Waals surface area contributed by atoms with Crippen LogP contribution in [0.2, 0.25) is 0 Å². The number of hydrogen-bond acceptors (Lipinski definition) is 3. The lowest BCUT2D eigenvalue weighted by Crippen LogP contribution is -2.57. The minimum atomic E-state index is -0.151. The van der Waals surface area contributed by atoms with Gasteiger partial charge in [0.05, 0.1) is 20.2 Å². The van der Waals surface area contributed by atoms with Crippen LogP contribution in [0.3, 0.4) is 0 Å². The molecular weight excluding hydrogens is 362 g/mol. The molecule has 2 aromatic carbocycles. The van der Waals surface area contributed by atoms with Crippen molar-refractivity contribution in [1.82, 2.24) is 0 Å². The van der Waals surface area contributed by atoms with Gasteiger partial charge in [-0.25, -0.2) is 0 Å². The summed E-state index contributed by atoms with van der Waals surface area (Å²) in [6.45, 7) is 6.94. The van der Waals surface area contributed by atoms with Crippen LogP contribution in [0.25, 0.3) is 0 Å². The number of hydrogen-bond donors (Lipinski definition) is 0. The van der Waals surface area contributed by atoms with E-state index in [0.717, 1.165) is 31.5 Å². The predicted octanol–water partition coefficient (Wildman–Crippen LogP) is 4.02. The summed E-state index contributed by atoms with van der Waals surface area (Å²) in [5.74, 6) is -0.0447. The van der Waals surface area contributed by atoms with E-state index in [9.17, 15) is 9.59 Å². The largest absolute Gasteiger partial charge is 0.469 e. The van der Waals surface area contributed by atoms with Crippen molar-refractivity contribution < 1.29 is 18.8 Å². The third-order valence-corrected chi connectivity index (χ3v) is 6.22. The first-order valence-corrected chi connectivity index (χ1v) is 10.5. The SMILES string of the molecule is COC(=O)C1CCC[N+](CC(=O)Cc2c(C)cccc2C)(Cc2ccccc2)C1. The maximum atomic E-state index is 13.2. The zero-order chi connectivity index (χ0) is 20.9. The van der Waals surface area contributed by atoms with Gasteiger partial charge >= 0.3 is 5.97 Å². The molecule has 3 rings (SSSR count). The van der Waals surface area contributed by atoms with E-state index in [1.807, 2.05) is 24.3 Å². The average Bonchev–Trinajstić information content (AvgIpc) is 2.71. The van der Waals surface area contributed by atoms with Crippen molar-refractivity contribution >= 4 is 11.8 Å². The third kappa shape index (κ3) is 5.33. The van der Waals surface area contributed by atoms with Gasteiger partial charge in [-0.2, -0.15) is 0 Å². The smallest absolute Gasteiger partial charge is 0.314 e. The highest BCUT2D eigenvalue weighted by atomic mass is 16.5. The monoisotopic (exact) mass is 394 g/mol. The number of esters is 1. The summed E-state index contributed by atoms with van der Waals surface area (Å²) in [4.78, 5) is 25.5. The van der Waals surface area contributed by atoms with Crippen LogP contribution < -0.4 is 0 Å². The molecule has 1 heterocycles. The topological polar surface area (TPSA) is 43.4 Å². The van der Waals surface area contributed by atoms with Gasteiger partial charge in [0.15, 0.2) is 5.78 Å². The molecule has 29 heavy (non-hydrogen) atoms. The van der Waals surface area contributed by atoms with Crippen molar-refractivity contribution in [3.8, 4) is 0 Å². The summed E-state index contributed by atoms with van der Waals surface area (Å²) in [6.07, 6.45) is 2.23. The van der Waals surface area contributed by atoms with E-state index in [1.54, 1.807) is 0 Å². The molecule has 0 amide bonds. The molecule has 0 bridgehead atoms. The van der Waals surface area contributed by atoms with Gasteiger partial charge in [0.1, 0.15) is 19.0 Å². The maximum absolute atomic E-state index is 13.2. The molecule has 2 unspecified atom stereocenters. The number of carbonyl (C=O) groups is 2. The molecule has 2 atom stereocenters. The molecule has 0 spiro atoms. The summed E-state index contributed by atoms with van der Waals surface area (Å²) in [7, 11) is 1.45. The first kappa shape index (κ1) is 21.3. The fourth-order valence-electron chi connectivity index (χ4n) is 4.75.